The van der Waals surface area contributed by atoms with Gasteiger partial charge in [0.15, 0.2) is 0 Å². The van der Waals surface area contributed by atoms with E-state index in [0.29, 0.717) is 12.2 Å². The van der Waals surface area contributed by atoms with Crippen LogP contribution in [0, 0.1) is 0 Å². The van der Waals surface area contributed by atoms with Crippen molar-refractivity contribution in [3.8, 4) is 0 Å². The Hall–Kier alpha value is -2.43. The average Bonchev–Trinajstić information content (AvgIpc) is 2.46. The van der Waals surface area contributed by atoms with Crippen molar-refractivity contribution in [1.29, 1.82) is 0 Å². The normalized spacial score (nSPS) is 10.2. The summed E-state index contributed by atoms with van der Waals surface area (Å²) in [6.45, 7) is 1.95. The van der Waals surface area contributed by atoms with Crippen molar-refractivity contribution in [3.05, 3.63) is 47.9 Å². The van der Waals surface area contributed by atoms with Gasteiger partial charge in [-0.3, -0.25) is 4.98 Å². The second kappa shape index (κ2) is 5.48. The number of carbonyl (C=O) groups is 1. The van der Waals surface area contributed by atoms with Crippen LogP contribution in [0.4, 0.5) is 11.5 Å². The van der Waals surface area contributed by atoms with Gasteiger partial charge < -0.3 is 10.0 Å². The van der Waals surface area contributed by atoms with Crippen LogP contribution in [0.3, 0.4) is 0 Å². The number of anilines is 2. The lowest BCUT2D eigenvalue weighted by atomic mass is 10.2. The van der Waals surface area contributed by atoms with Crippen molar-refractivity contribution in [2.75, 3.05) is 11.9 Å². The van der Waals surface area contributed by atoms with Crippen LogP contribution in [0.5, 0.6) is 0 Å². The van der Waals surface area contributed by atoms with Gasteiger partial charge in [0.2, 0.25) is 0 Å². The van der Waals surface area contributed by atoms with Crippen LogP contribution in [0.15, 0.2) is 36.7 Å². The van der Waals surface area contributed by atoms with E-state index in [-0.39, 0.29) is 5.56 Å². The van der Waals surface area contributed by atoms with Gasteiger partial charge in [0.05, 0.1) is 17.4 Å². The van der Waals surface area contributed by atoms with Gasteiger partial charge in [-0.25, -0.2) is 9.78 Å². The summed E-state index contributed by atoms with van der Waals surface area (Å²) in [6, 6.07) is 6.89. The first-order chi connectivity index (χ1) is 9.11. The summed E-state index contributed by atoms with van der Waals surface area (Å²) in [5.41, 5.74) is 1.86. The van der Waals surface area contributed by atoms with Gasteiger partial charge in [-0.1, -0.05) is 6.92 Å². The molecular weight excluding hydrogens is 242 g/mol. The number of aromatic carboxylic acids is 1. The number of hydrogen-bond acceptors (Lipinski definition) is 4. The lowest BCUT2D eigenvalue weighted by molar-refractivity contribution is 0.0696. The number of carboxylic acids is 1. The second-order valence-electron chi connectivity index (χ2n) is 4.13. The summed E-state index contributed by atoms with van der Waals surface area (Å²) in [5, 5.41) is 9.12. The third-order valence-corrected chi connectivity index (χ3v) is 2.85. The molecule has 0 aliphatic rings. The molecule has 0 fully saturated rings. The Morgan fingerprint density at radius 1 is 1.42 bits per heavy atom. The van der Waals surface area contributed by atoms with Crippen LogP contribution in [0.25, 0.3) is 0 Å². The molecule has 1 N–H and O–H groups in total. The molecule has 0 radical (unpaired) electrons. The standard InChI is InChI=1S/C14H15N3O2/c1-3-11-7-10(14(18)19)8-13(16-11)17(2)12-5-4-6-15-9-12/h4-9H,3H2,1-2H3,(H,18,19). The molecule has 19 heavy (non-hydrogen) atoms. The Morgan fingerprint density at radius 3 is 2.79 bits per heavy atom. The van der Waals surface area contributed by atoms with Crippen LogP contribution in [-0.4, -0.2) is 28.1 Å². The molecule has 0 bridgehead atoms. The molecule has 5 nitrogen and oxygen atoms in total. The van der Waals surface area contributed by atoms with E-state index in [1.54, 1.807) is 24.5 Å². The summed E-state index contributed by atoms with van der Waals surface area (Å²) in [7, 11) is 1.84. The largest absolute Gasteiger partial charge is 0.478 e. The first kappa shape index (κ1) is 13.0. The molecule has 0 atom stereocenters. The van der Waals surface area contributed by atoms with Crippen LogP contribution in [-0.2, 0) is 6.42 Å². The van der Waals surface area contributed by atoms with Gasteiger partial charge in [0.25, 0.3) is 0 Å². The van der Waals surface area contributed by atoms with Crippen molar-refractivity contribution in [2.24, 2.45) is 0 Å². The minimum absolute atomic E-state index is 0.248. The number of aromatic nitrogens is 2. The molecule has 5 heteroatoms. The molecule has 2 aromatic heterocycles. The second-order valence-corrected chi connectivity index (χ2v) is 4.13. The quantitative estimate of drug-likeness (QED) is 0.911. The van der Waals surface area contributed by atoms with E-state index >= 15 is 0 Å². The highest BCUT2D eigenvalue weighted by Gasteiger charge is 2.11. The highest BCUT2D eigenvalue weighted by Crippen LogP contribution is 2.22. The fourth-order valence-electron chi connectivity index (χ4n) is 1.73. The van der Waals surface area contributed by atoms with E-state index in [2.05, 4.69) is 9.97 Å². The van der Waals surface area contributed by atoms with E-state index in [9.17, 15) is 4.79 Å². The molecule has 98 valence electrons. The Balaban J connectivity index is 2.44. The van der Waals surface area contributed by atoms with Crippen molar-refractivity contribution in [3.63, 3.8) is 0 Å². The van der Waals surface area contributed by atoms with Gasteiger partial charge in [-0.2, -0.15) is 0 Å². The van der Waals surface area contributed by atoms with Gasteiger partial charge in [0, 0.05) is 18.9 Å². The third-order valence-electron chi connectivity index (χ3n) is 2.85. The first-order valence-corrected chi connectivity index (χ1v) is 6.00. The molecule has 0 spiro atoms. The molecule has 0 aliphatic carbocycles. The fraction of sp³-hybridized carbons (Fsp3) is 0.214. The van der Waals surface area contributed by atoms with Crippen molar-refractivity contribution < 1.29 is 9.90 Å². The number of carboxylic acid groups (broad SMARTS) is 1. The summed E-state index contributed by atoms with van der Waals surface area (Å²) >= 11 is 0. The average molecular weight is 257 g/mol. The Bertz CT molecular complexity index is 584. The third kappa shape index (κ3) is 2.88. The molecule has 0 saturated carbocycles. The van der Waals surface area contributed by atoms with Crippen molar-refractivity contribution in [1.82, 2.24) is 9.97 Å². The number of pyridine rings is 2. The lowest BCUT2D eigenvalue weighted by Gasteiger charge is -2.19. The van der Waals surface area contributed by atoms with E-state index in [1.807, 2.05) is 31.0 Å². The summed E-state index contributed by atoms with van der Waals surface area (Å²) < 4.78 is 0. The number of hydrogen-bond donors (Lipinski definition) is 1. The molecular formula is C14H15N3O2. The smallest absolute Gasteiger partial charge is 0.335 e. The first-order valence-electron chi connectivity index (χ1n) is 6.00. The summed E-state index contributed by atoms with van der Waals surface area (Å²) in [6.07, 6.45) is 4.09. The minimum atomic E-state index is -0.946. The van der Waals surface area contributed by atoms with E-state index in [1.165, 1.54) is 0 Å². The Labute approximate surface area is 111 Å². The van der Waals surface area contributed by atoms with E-state index < -0.39 is 5.97 Å². The highest BCUT2D eigenvalue weighted by molar-refractivity contribution is 5.89. The van der Waals surface area contributed by atoms with Crippen molar-refractivity contribution in [2.45, 2.75) is 13.3 Å². The van der Waals surface area contributed by atoms with E-state index in [0.717, 1.165) is 11.4 Å². The predicted octanol–water partition coefficient (Wildman–Crippen LogP) is 2.51. The van der Waals surface area contributed by atoms with Gasteiger partial charge in [-0.15, -0.1) is 0 Å². The highest BCUT2D eigenvalue weighted by atomic mass is 16.4. The summed E-state index contributed by atoms with van der Waals surface area (Å²) in [4.78, 5) is 21.4. The molecule has 2 rings (SSSR count). The zero-order chi connectivity index (χ0) is 13.8. The molecule has 0 amide bonds. The molecule has 2 heterocycles. The maximum absolute atomic E-state index is 11.1. The Kier molecular flexibility index (Phi) is 3.75. The zero-order valence-electron chi connectivity index (χ0n) is 10.9. The molecule has 2 aromatic rings. The maximum atomic E-state index is 11.1. The van der Waals surface area contributed by atoms with Crippen LogP contribution >= 0.6 is 0 Å². The number of nitrogens with zero attached hydrogens (tertiary/aromatic N) is 3. The fourth-order valence-corrected chi connectivity index (χ4v) is 1.73. The van der Waals surface area contributed by atoms with Gasteiger partial charge in [-0.05, 0) is 30.7 Å². The lowest BCUT2D eigenvalue weighted by Crippen LogP contribution is -2.13. The van der Waals surface area contributed by atoms with Crippen LogP contribution in [0.1, 0.15) is 23.0 Å². The SMILES string of the molecule is CCc1cc(C(=O)O)cc(N(C)c2cccnc2)n1. The molecule has 0 aromatic carbocycles. The molecule has 0 saturated heterocycles. The predicted molar refractivity (Wildman–Crippen MR) is 72.9 cm³/mol. The van der Waals surface area contributed by atoms with Crippen molar-refractivity contribution >= 4 is 17.5 Å². The van der Waals surface area contributed by atoms with Gasteiger partial charge >= 0.3 is 5.97 Å². The number of aryl methyl sites for hydroxylation is 1. The summed E-state index contributed by atoms with van der Waals surface area (Å²) in [5.74, 6) is -0.345. The van der Waals surface area contributed by atoms with Crippen LogP contribution < -0.4 is 4.90 Å². The topological polar surface area (TPSA) is 66.3 Å². The zero-order valence-corrected chi connectivity index (χ0v) is 10.9. The molecule has 0 aliphatic heterocycles. The van der Waals surface area contributed by atoms with Gasteiger partial charge in [0.1, 0.15) is 5.82 Å². The monoisotopic (exact) mass is 257 g/mol. The van der Waals surface area contributed by atoms with E-state index in [4.69, 9.17) is 5.11 Å². The molecule has 0 unspecified atom stereocenters. The minimum Gasteiger partial charge on any atom is -0.478 e. The maximum Gasteiger partial charge on any atom is 0.335 e. The Morgan fingerprint density at radius 2 is 2.21 bits per heavy atom. The van der Waals surface area contributed by atoms with Crippen LogP contribution in [0.2, 0.25) is 0 Å². The number of rotatable bonds is 4.